The number of nitrogens with zero attached hydrogens (tertiary/aromatic N) is 3. The smallest absolute Gasteiger partial charge is 0.318 e. The van der Waals surface area contributed by atoms with Crippen molar-refractivity contribution in [3.05, 3.63) is 17.0 Å². The first-order valence-electron chi connectivity index (χ1n) is 7.16. The van der Waals surface area contributed by atoms with Gasteiger partial charge in [0.1, 0.15) is 16.3 Å². The second kappa shape index (κ2) is 5.88. The first-order chi connectivity index (χ1) is 10.8. The lowest BCUT2D eigenvalue weighted by molar-refractivity contribution is -0.134. The van der Waals surface area contributed by atoms with E-state index in [2.05, 4.69) is 9.97 Å². The fourth-order valence-electron chi connectivity index (χ4n) is 2.73. The van der Waals surface area contributed by atoms with Crippen molar-refractivity contribution in [1.29, 1.82) is 0 Å². The number of aromatic nitrogens is 2. The second-order valence-corrected chi connectivity index (χ2v) is 8.26. The Morgan fingerprint density at radius 2 is 2.00 bits per heavy atom. The minimum Gasteiger partial charge on any atom is -0.480 e. The topological polar surface area (TPSA) is 110 Å². The number of rotatable bonds is 5. The van der Waals surface area contributed by atoms with Gasteiger partial charge in [-0.15, -0.1) is 0 Å². The molecule has 0 unspecified atom stereocenters. The largest absolute Gasteiger partial charge is 0.480 e. The summed E-state index contributed by atoms with van der Waals surface area (Å²) in [6, 6.07) is 1.60. The van der Waals surface area contributed by atoms with E-state index in [1.807, 2.05) is 4.90 Å². The molecule has 1 saturated heterocycles. The molecule has 2 heterocycles. The summed E-state index contributed by atoms with van der Waals surface area (Å²) >= 11 is 5.97. The van der Waals surface area contributed by atoms with Crippen LogP contribution in [0, 0.1) is 0 Å². The second-order valence-electron chi connectivity index (χ2n) is 5.63. The summed E-state index contributed by atoms with van der Waals surface area (Å²) in [6.07, 6.45) is 0.691. The Morgan fingerprint density at radius 1 is 1.35 bits per heavy atom. The van der Waals surface area contributed by atoms with E-state index in [9.17, 15) is 13.2 Å². The number of aliphatic carboxylic acids is 1. The molecule has 1 saturated carbocycles. The summed E-state index contributed by atoms with van der Waals surface area (Å²) in [4.78, 5) is 21.0. The van der Waals surface area contributed by atoms with Crippen molar-refractivity contribution in [2.45, 2.75) is 17.6 Å². The highest BCUT2D eigenvalue weighted by Gasteiger charge is 2.57. The Hall–Kier alpha value is -1.45. The van der Waals surface area contributed by atoms with Crippen LogP contribution in [-0.2, 0) is 24.1 Å². The molecular weight excluding hydrogens is 346 g/mol. The van der Waals surface area contributed by atoms with E-state index < -0.39 is 26.3 Å². The number of sulfone groups is 1. The fraction of sp³-hybridized carbons (Fsp3) is 0.615. The van der Waals surface area contributed by atoms with Gasteiger partial charge in [0.2, 0.25) is 5.28 Å². The molecule has 8 nitrogen and oxygen atoms in total. The number of hydrogen-bond donors (Lipinski definition) is 1. The van der Waals surface area contributed by atoms with Crippen LogP contribution in [-0.4, -0.2) is 61.5 Å². The number of anilines is 1. The number of carboxylic acids is 1. The predicted molar refractivity (Wildman–Crippen MR) is 82.4 cm³/mol. The number of halogens is 1. The van der Waals surface area contributed by atoms with Crippen molar-refractivity contribution in [3.8, 4) is 0 Å². The molecule has 0 atom stereocenters. The van der Waals surface area contributed by atoms with Crippen LogP contribution in [0.5, 0.6) is 0 Å². The van der Waals surface area contributed by atoms with Crippen molar-refractivity contribution in [3.63, 3.8) is 0 Å². The van der Waals surface area contributed by atoms with E-state index in [1.165, 1.54) is 0 Å². The normalized spacial score (nSPS) is 20.3. The lowest BCUT2D eigenvalue weighted by atomic mass is 10.2. The van der Waals surface area contributed by atoms with Gasteiger partial charge < -0.3 is 14.7 Å². The third-order valence-electron chi connectivity index (χ3n) is 4.10. The van der Waals surface area contributed by atoms with Gasteiger partial charge >= 0.3 is 5.97 Å². The van der Waals surface area contributed by atoms with E-state index in [0.717, 1.165) is 0 Å². The number of ether oxygens (including phenoxy) is 1. The Balaban J connectivity index is 1.96. The molecule has 0 aromatic carbocycles. The Kier molecular flexibility index (Phi) is 4.19. The molecule has 1 N–H and O–H groups in total. The van der Waals surface area contributed by atoms with E-state index in [-0.39, 0.29) is 11.0 Å². The molecule has 1 aromatic heterocycles. The van der Waals surface area contributed by atoms with Gasteiger partial charge in [-0.3, -0.25) is 4.79 Å². The molecule has 1 aliphatic heterocycles. The third-order valence-corrected chi connectivity index (χ3v) is 6.70. The minimum absolute atomic E-state index is 0.0409. The zero-order valence-electron chi connectivity index (χ0n) is 12.2. The first kappa shape index (κ1) is 16.4. The van der Waals surface area contributed by atoms with Gasteiger partial charge in [-0.2, -0.15) is 0 Å². The van der Waals surface area contributed by atoms with Gasteiger partial charge in [0, 0.05) is 19.2 Å². The van der Waals surface area contributed by atoms with Crippen LogP contribution in [0.25, 0.3) is 0 Å². The molecule has 2 aliphatic rings. The maximum absolute atomic E-state index is 12.4. The van der Waals surface area contributed by atoms with Crippen LogP contribution in [0.4, 0.5) is 5.82 Å². The SMILES string of the molecule is O=C(O)CS(=O)(=O)C1(c2cc(N3CCOCC3)nc(Cl)n2)CC1. The summed E-state index contributed by atoms with van der Waals surface area (Å²) in [6.45, 7) is 2.36. The number of hydrogen-bond acceptors (Lipinski definition) is 7. The highest BCUT2D eigenvalue weighted by atomic mass is 35.5. The minimum atomic E-state index is -3.86. The Bertz CT molecular complexity index is 729. The molecule has 126 valence electrons. The van der Waals surface area contributed by atoms with Crippen LogP contribution in [0.1, 0.15) is 18.5 Å². The van der Waals surface area contributed by atoms with Crippen LogP contribution in [0.15, 0.2) is 6.07 Å². The van der Waals surface area contributed by atoms with Crippen LogP contribution >= 0.6 is 11.6 Å². The average Bonchev–Trinajstić information content (AvgIpc) is 3.28. The van der Waals surface area contributed by atoms with Gasteiger partial charge in [0.05, 0.1) is 18.9 Å². The molecule has 2 fully saturated rings. The number of morpholine rings is 1. The molecular formula is C13H16ClN3O5S. The van der Waals surface area contributed by atoms with Gasteiger partial charge in [-0.25, -0.2) is 18.4 Å². The summed E-state index contributed by atoms with van der Waals surface area (Å²) < 4.78 is 28.8. The lowest BCUT2D eigenvalue weighted by Gasteiger charge is -2.28. The van der Waals surface area contributed by atoms with Crippen molar-refractivity contribution >= 4 is 33.2 Å². The predicted octanol–water partition coefficient (Wildman–Crippen LogP) is 0.455. The van der Waals surface area contributed by atoms with Gasteiger partial charge in [0.15, 0.2) is 9.84 Å². The Labute approximate surface area is 138 Å². The fourth-order valence-corrected chi connectivity index (χ4v) is 4.66. The molecule has 3 rings (SSSR count). The molecule has 23 heavy (non-hydrogen) atoms. The summed E-state index contributed by atoms with van der Waals surface area (Å²) in [7, 11) is -3.86. The van der Waals surface area contributed by atoms with Crippen LogP contribution in [0.2, 0.25) is 5.28 Å². The maximum atomic E-state index is 12.4. The summed E-state index contributed by atoms with van der Waals surface area (Å²) in [5.74, 6) is -1.74. The summed E-state index contributed by atoms with van der Waals surface area (Å²) in [5.41, 5.74) is 0.278. The van der Waals surface area contributed by atoms with Crippen molar-refractivity contribution in [2.24, 2.45) is 0 Å². The third kappa shape index (κ3) is 3.13. The molecule has 10 heteroatoms. The first-order valence-corrected chi connectivity index (χ1v) is 9.19. The maximum Gasteiger partial charge on any atom is 0.318 e. The lowest BCUT2D eigenvalue weighted by Crippen LogP contribution is -2.37. The molecule has 0 bridgehead atoms. The average molecular weight is 362 g/mol. The van der Waals surface area contributed by atoms with Crippen LogP contribution < -0.4 is 4.90 Å². The van der Waals surface area contributed by atoms with E-state index in [0.29, 0.717) is 45.0 Å². The quantitative estimate of drug-likeness (QED) is 0.753. The monoisotopic (exact) mass is 361 g/mol. The molecule has 0 amide bonds. The van der Waals surface area contributed by atoms with Gasteiger partial charge in [0.25, 0.3) is 0 Å². The highest BCUT2D eigenvalue weighted by Crippen LogP contribution is 2.53. The van der Waals surface area contributed by atoms with Gasteiger partial charge in [-0.1, -0.05) is 0 Å². The van der Waals surface area contributed by atoms with Crippen LogP contribution in [0.3, 0.4) is 0 Å². The van der Waals surface area contributed by atoms with Crippen molar-refractivity contribution in [2.75, 3.05) is 37.0 Å². The summed E-state index contributed by atoms with van der Waals surface area (Å²) in [5, 5.41) is 8.80. The molecule has 1 aromatic rings. The van der Waals surface area contributed by atoms with Crippen molar-refractivity contribution < 1.29 is 23.1 Å². The zero-order valence-corrected chi connectivity index (χ0v) is 13.8. The van der Waals surface area contributed by atoms with Gasteiger partial charge in [-0.05, 0) is 24.4 Å². The molecule has 0 spiro atoms. The molecule has 1 aliphatic carbocycles. The Morgan fingerprint density at radius 3 is 2.57 bits per heavy atom. The number of carbonyl (C=O) groups is 1. The van der Waals surface area contributed by atoms with Crippen molar-refractivity contribution in [1.82, 2.24) is 9.97 Å². The van der Waals surface area contributed by atoms with E-state index >= 15 is 0 Å². The zero-order chi connectivity index (χ0) is 16.7. The molecule has 0 radical (unpaired) electrons. The van der Waals surface area contributed by atoms with E-state index in [4.69, 9.17) is 21.4 Å². The number of carboxylic acid groups (broad SMARTS) is 1. The highest BCUT2D eigenvalue weighted by molar-refractivity contribution is 7.93. The van der Waals surface area contributed by atoms with E-state index in [1.54, 1.807) is 6.07 Å². The standard InChI is InChI=1S/C13H16ClN3O5S/c14-12-15-9(7-10(16-12)17-3-5-22-6-4-17)13(1-2-13)23(20,21)8-11(18)19/h7H,1-6,8H2,(H,18,19).